The molecule has 100 valence electrons. The fraction of sp³-hybridized carbons (Fsp3) is 0.533. The fourth-order valence-corrected chi connectivity index (χ4v) is 1.85. The summed E-state index contributed by atoms with van der Waals surface area (Å²) < 4.78 is 5.67. The van der Waals surface area contributed by atoms with E-state index in [0.717, 1.165) is 25.3 Å². The van der Waals surface area contributed by atoms with Crippen LogP contribution in [0.3, 0.4) is 0 Å². The van der Waals surface area contributed by atoms with Gasteiger partial charge >= 0.3 is 0 Å². The Kier molecular flexibility index (Phi) is 5.69. The Morgan fingerprint density at radius 3 is 2.17 bits per heavy atom. The Morgan fingerprint density at radius 1 is 1.17 bits per heavy atom. The molecule has 0 heterocycles. The smallest absolute Gasteiger partial charge is 0.263 e. The molecule has 0 saturated carbocycles. The lowest BCUT2D eigenvalue weighted by Gasteiger charge is -2.23. The highest BCUT2D eigenvalue weighted by Crippen LogP contribution is 2.15. The molecule has 1 aromatic rings. The predicted molar refractivity (Wildman–Crippen MR) is 73.8 cm³/mol. The van der Waals surface area contributed by atoms with Gasteiger partial charge in [-0.05, 0) is 44.9 Å². The second kappa shape index (κ2) is 7.04. The predicted octanol–water partition coefficient (Wildman–Crippen LogP) is 2.88. The van der Waals surface area contributed by atoms with Crippen LogP contribution in [0.1, 0.15) is 33.3 Å². The van der Waals surface area contributed by atoms with E-state index in [1.54, 1.807) is 11.8 Å². The van der Waals surface area contributed by atoms with Crippen molar-refractivity contribution in [3.05, 3.63) is 29.8 Å². The van der Waals surface area contributed by atoms with Crippen LogP contribution in [0.25, 0.3) is 0 Å². The first kappa shape index (κ1) is 14.6. The van der Waals surface area contributed by atoms with Crippen LogP contribution < -0.4 is 4.74 Å². The molecule has 0 aliphatic carbocycles. The average molecular weight is 249 g/mol. The van der Waals surface area contributed by atoms with E-state index in [-0.39, 0.29) is 5.91 Å². The van der Waals surface area contributed by atoms with Crippen LogP contribution in [-0.4, -0.2) is 30.0 Å². The van der Waals surface area contributed by atoms with Gasteiger partial charge < -0.3 is 9.64 Å². The quantitative estimate of drug-likeness (QED) is 0.776. The highest BCUT2D eigenvalue weighted by atomic mass is 16.5. The molecule has 1 aromatic carbocycles. The third kappa shape index (κ3) is 3.76. The summed E-state index contributed by atoms with van der Waals surface area (Å²) in [6.45, 7) is 9.31. The van der Waals surface area contributed by atoms with E-state index in [2.05, 4.69) is 6.92 Å². The van der Waals surface area contributed by atoms with Crippen LogP contribution in [0.15, 0.2) is 24.3 Å². The number of amides is 1. The van der Waals surface area contributed by atoms with Gasteiger partial charge in [0.1, 0.15) is 5.75 Å². The number of carbonyl (C=O) groups is 1. The molecule has 0 aliphatic rings. The van der Waals surface area contributed by atoms with E-state index in [1.165, 1.54) is 5.56 Å². The minimum Gasteiger partial charge on any atom is -0.481 e. The summed E-state index contributed by atoms with van der Waals surface area (Å²) in [5, 5.41) is 0. The Hall–Kier alpha value is -1.51. The lowest BCUT2D eigenvalue weighted by Crippen LogP contribution is -2.40. The van der Waals surface area contributed by atoms with Crippen molar-refractivity contribution in [3.63, 3.8) is 0 Å². The van der Waals surface area contributed by atoms with Crippen molar-refractivity contribution in [1.82, 2.24) is 4.90 Å². The zero-order valence-electron chi connectivity index (χ0n) is 11.8. The standard InChI is InChI=1S/C15H23NO2/c1-5-13-8-10-14(11-9-13)18-12(4)15(17)16(6-2)7-3/h8-12H,5-7H2,1-4H3. The van der Waals surface area contributed by atoms with Crippen molar-refractivity contribution in [1.29, 1.82) is 0 Å². The molecule has 0 spiro atoms. The highest BCUT2D eigenvalue weighted by Gasteiger charge is 2.19. The third-order valence-electron chi connectivity index (χ3n) is 3.07. The maximum absolute atomic E-state index is 12.0. The van der Waals surface area contributed by atoms with E-state index in [1.807, 2.05) is 38.1 Å². The fourth-order valence-electron chi connectivity index (χ4n) is 1.85. The summed E-state index contributed by atoms with van der Waals surface area (Å²) in [5.74, 6) is 0.791. The van der Waals surface area contributed by atoms with E-state index >= 15 is 0 Å². The van der Waals surface area contributed by atoms with Crippen LogP contribution in [-0.2, 0) is 11.2 Å². The molecule has 0 bridgehead atoms. The Balaban J connectivity index is 2.62. The van der Waals surface area contributed by atoms with Crippen LogP contribution in [0.5, 0.6) is 5.75 Å². The molecule has 3 nitrogen and oxygen atoms in total. The summed E-state index contributed by atoms with van der Waals surface area (Å²) in [5.41, 5.74) is 1.27. The number of hydrogen-bond donors (Lipinski definition) is 0. The van der Waals surface area contributed by atoms with E-state index in [0.29, 0.717) is 0 Å². The zero-order valence-corrected chi connectivity index (χ0v) is 11.8. The largest absolute Gasteiger partial charge is 0.481 e. The second-order valence-corrected chi connectivity index (χ2v) is 4.27. The molecule has 18 heavy (non-hydrogen) atoms. The van der Waals surface area contributed by atoms with Gasteiger partial charge in [-0.15, -0.1) is 0 Å². The van der Waals surface area contributed by atoms with Crippen molar-refractivity contribution in [2.75, 3.05) is 13.1 Å². The van der Waals surface area contributed by atoms with Gasteiger partial charge in [0.15, 0.2) is 6.10 Å². The van der Waals surface area contributed by atoms with Gasteiger partial charge in [-0.25, -0.2) is 0 Å². The Labute approximate surface area is 110 Å². The monoisotopic (exact) mass is 249 g/mol. The van der Waals surface area contributed by atoms with Gasteiger partial charge in [0, 0.05) is 13.1 Å². The van der Waals surface area contributed by atoms with Crippen molar-refractivity contribution in [3.8, 4) is 5.75 Å². The number of ether oxygens (including phenoxy) is 1. The highest BCUT2D eigenvalue weighted by molar-refractivity contribution is 5.80. The zero-order chi connectivity index (χ0) is 13.5. The normalized spacial score (nSPS) is 12.0. The molecule has 0 fully saturated rings. The van der Waals surface area contributed by atoms with E-state index in [9.17, 15) is 4.79 Å². The number of carbonyl (C=O) groups excluding carboxylic acids is 1. The van der Waals surface area contributed by atoms with Crippen LogP contribution in [0, 0.1) is 0 Å². The molecule has 1 amide bonds. The summed E-state index contributed by atoms with van der Waals surface area (Å²) in [4.78, 5) is 13.8. The lowest BCUT2D eigenvalue weighted by atomic mass is 10.2. The second-order valence-electron chi connectivity index (χ2n) is 4.27. The van der Waals surface area contributed by atoms with Crippen molar-refractivity contribution in [2.45, 2.75) is 40.2 Å². The molecule has 0 saturated heterocycles. The van der Waals surface area contributed by atoms with Gasteiger partial charge in [-0.2, -0.15) is 0 Å². The third-order valence-corrected chi connectivity index (χ3v) is 3.07. The van der Waals surface area contributed by atoms with Gasteiger partial charge in [-0.1, -0.05) is 19.1 Å². The average Bonchev–Trinajstić information content (AvgIpc) is 2.40. The maximum Gasteiger partial charge on any atom is 0.263 e. The maximum atomic E-state index is 12.0. The van der Waals surface area contributed by atoms with E-state index in [4.69, 9.17) is 4.74 Å². The lowest BCUT2D eigenvalue weighted by molar-refractivity contribution is -0.137. The number of hydrogen-bond acceptors (Lipinski definition) is 2. The SMILES string of the molecule is CCc1ccc(OC(C)C(=O)N(CC)CC)cc1. The van der Waals surface area contributed by atoms with Crippen molar-refractivity contribution in [2.24, 2.45) is 0 Å². The number of likely N-dealkylation sites (N-methyl/N-ethyl adjacent to an activating group) is 1. The number of rotatable bonds is 6. The van der Waals surface area contributed by atoms with Crippen LogP contribution in [0.4, 0.5) is 0 Å². The molecule has 1 unspecified atom stereocenters. The van der Waals surface area contributed by atoms with Gasteiger partial charge in [0.05, 0.1) is 0 Å². The summed E-state index contributed by atoms with van der Waals surface area (Å²) >= 11 is 0. The number of benzene rings is 1. The van der Waals surface area contributed by atoms with Crippen molar-refractivity contribution >= 4 is 5.91 Å². The molecule has 1 rings (SSSR count). The summed E-state index contributed by atoms with van der Waals surface area (Å²) in [7, 11) is 0. The van der Waals surface area contributed by atoms with Gasteiger partial charge in [0.2, 0.25) is 0 Å². The van der Waals surface area contributed by atoms with Crippen molar-refractivity contribution < 1.29 is 9.53 Å². The molecule has 3 heteroatoms. The molecular formula is C15H23NO2. The number of nitrogens with zero attached hydrogens (tertiary/aromatic N) is 1. The minimum absolute atomic E-state index is 0.0413. The summed E-state index contributed by atoms with van der Waals surface area (Å²) in [6, 6.07) is 7.91. The molecule has 0 N–H and O–H groups in total. The Morgan fingerprint density at radius 2 is 1.72 bits per heavy atom. The molecule has 0 aromatic heterocycles. The minimum atomic E-state index is -0.433. The first-order valence-electron chi connectivity index (χ1n) is 6.66. The Bertz CT molecular complexity index is 369. The molecule has 0 aliphatic heterocycles. The molecular weight excluding hydrogens is 226 g/mol. The molecule has 1 atom stereocenters. The van der Waals surface area contributed by atoms with Gasteiger partial charge in [0.25, 0.3) is 5.91 Å². The first-order valence-corrected chi connectivity index (χ1v) is 6.66. The van der Waals surface area contributed by atoms with Crippen LogP contribution >= 0.6 is 0 Å². The topological polar surface area (TPSA) is 29.5 Å². The molecule has 0 radical (unpaired) electrons. The summed E-state index contributed by atoms with van der Waals surface area (Å²) in [6.07, 6.45) is 0.575. The van der Waals surface area contributed by atoms with Crippen LogP contribution in [0.2, 0.25) is 0 Å². The van der Waals surface area contributed by atoms with E-state index < -0.39 is 6.10 Å². The first-order chi connectivity index (χ1) is 8.62. The van der Waals surface area contributed by atoms with Gasteiger partial charge in [-0.3, -0.25) is 4.79 Å². The number of aryl methyl sites for hydroxylation is 1.